The Hall–Kier alpha value is -3.51. The molecule has 4 N–H and O–H groups in total. The van der Waals surface area contributed by atoms with Crippen molar-refractivity contribution in [2.45, 2.75) is 19.4 Å². The number of carbonyl (C=O) groups is 1. The number of hydrazine groups is 1. The average molecular weight is 400 g/mol. The lowest BCUT2D eigenvalue weighted by Gasteiger charge is -2.42. The first kappa shape index (κ1) is 18.5. The van der Waals surface area contributed by atoms with E-state index in [1.54, 1.807) is 6.07 Å². The van der Waals surface area contributed by atoms with Gasteiger partial charge in [-0.15, -0.1) is 0 Å². The third-order valence-electron chi connectivity index (χ3n) is 6.23. The van der Waals surface area contributed by atoms with Crippen molar-refractivity contribution >= 4 is 17.3 Å². The molecule has 30 heavy (non-hydrogen) atoms. The van der Waals surface area contributed by atoms with Crippen LogP contribution in [-0.2, 0) is 5.54 Å². The van der Waals surface area contributed by atoms with E-state index in [1.165, 1.54) is 5.01 Å². The molecule has 2 heterocycles. The molecule has 0 saturated carbocycles. The molecular formula is C24H24N4O2. The fourth-order valence-corrected chi connectivity index (χ4v) is 4.81. The first-order chi connectivity index (χ1) is 14.5. The second kappa shape index (κ2) is 6.50. The second-order valence-electron chi connectivity index (χ2n) is 7.64. The third kappa shape index (κ3) is 2.25. The van der Waals surface area contributed by atoms with Crippen molar-refractivity contribution in [3.8, 4) is 11.5 Å². The first-order valence-corrected chi connectivity index (χ1v) is 10.2. The molecule has 152 valence electrons. The number of hydrogen-bond acceptors (Lipinski definition) is 5. The molecule has 0 aliphatic carbocycles. The van der Waals surface area contributed by atoms with Crippen molar-refractivity contribution in [3.63, 3.8) is 0 Å². The van der Waals surface area contributed by atoms with Gasteiger partial charge in [-0.05, 0) is 32.0 Å². The lowest BCUT2D eigenvalue weighted by Crippen LogP contribution is -2.51. The molecule has 6 heteroatoms. The Labute approximate surface area is 175 Å². The van der Waals surface area contributed by atoms with Gasteiger partial charge in [0.05, 0.1) is 0 Å². The summed E-state index contributed by atoms with van der Waals surface area (Å²) < 4.78 is 6.32. The van der Waals surface area contributed by atoms with Crippen LogP contribution >= 0.6 is 0 Å². The summed E-state index contributed by atoms with van der Waals surface area (Å²) in [6.07, 6.45) is 0. The van der Waals surface area contributed by atoms with E-state index < -0.39 is 5.54 Å². The van der Waals surface area contributed by atoms with Crippen molar-refractivity contribution in [2.24, 2.45) is 5.84 Å². The molecule has 3 aromatic carbocycles. The Morgan fingerprint density at radius 1 is 0.933 bits per heavy atom. The topological polar surface area (TPSA) is 84.8 Å². The lowest BCUT2D eigenvalue weighted by molar-refractivity contribution is 0.0665. The molecule has 0 fully saturated rings. The molecule has 5 rings (SSSR count). The van der Waals surface area contributed by atoms with Crippen molar-refractivity contribution in [1.29, 1.82) is 0 Å². The highest BCUT2D eigenvalue weighted by Crippen LogP contribution is 2.56. The van der Waals surface area contributed by atoms with E-state index in [4.69, 9.17) is 16.3 Å². The molecule has 0 saturated heterocycles. The van der Waals surface area contributed by atoms with Gasteiger partial charge < -0.3 is 15.4 Å². The molecule has 1 atom stereocenters. The molecular weight excluding hydrogens is 376 g/mol. The van der Waals surface area contributed by atoms with Gasteiger partial charge in [-0.1, -0.05) is 30.3 Å². The minimum Gasteiger partial charge on any atom is -0.456 e. The van der Waals surface area contributed by atoms with Gasteiger partial charge in [0.15, 0.2) is 0 Å². The van der Waals surface area contributed by atoms with E-state index in [9.17, 15) is 4.79 Å². The van der Waals surface area contributed by atoms with Crippen LogP contribution in [0.15, 0.2) is 60.7 Å². The van der Waals surface area contributed by atoms with Gasteiger partial charge in [0.2, 0.25) is 0 Å². The van der Waals surface area contributed by atoms with Gasteiger partial charge in [0, 0.05) is 58.9 Å². The van der Waals surface area contributed by atoms with Gasteiger partial charge >= 0.3 is 0 Å². The first-order valence-electron chi connectivity index (χ1n) is 10.2. The van der Waals surface area contributed by atoms with Crippen molar-refractivity contribution < 1.29 is 9.53 Å². The van der Waals surface area contributed by atoms with E-state index in [1.807, 2.05) is 48.5 Å². The maximum absolute atomic E-state index is 13.2. The average Bonchev–Trinajstić information content (AvgIpc) is 2.97. The smallest absolute Gasteiger partial charge is 0.269 e. The molecule has 2 aliphatic heterocycles. The molecule has 1 spiro atoms. The fraction of sp³-hybridized carbons (Fsp3) is 0.208. The SMILES string of the molecule is CCN(CC)c1ccc2c(c1)Oc1cc(N)ccc1C21c2ccccc2C(=O)N1N. The number of ether oxygens (including phenoxy) is 1. The van der Waals surface area contributed by atoms with Crippen LogP contribution in [-0.4, -0.2) is 24.0 Å². The normalized spacial score (nSPS) is 18.6. The van der Waals surface area contributed by atoms with Crippen LogP contribution in [0.4, 0.5) is 11.4 Å². The van der Waals surface area contributed by atoms with Crippen molar-refractivity contribution in [2.75, 3.05) is 23.7 Å². The Bertz CT molecular complexity index is 1170. The van der Waals surface area contributed by atoms with Crippen molar-refractivity contribution in [1.82, 2.24) is 5.01 Å². The number of amides is 1. The van der Waals surface area contributed by atoms with Crippen molar-refractivity contribution in [3.05, 3.63) is 82.9 Å². The highest BCUT2D eigenvalue weighted by molar-refractivity contribution is 6.02. The minimum atomic E-state index is -0.966. The summed E-state index contributed by atoms with van der Waals surface area (Å²) in [5.74, 6) is 7.62. The largest absolute Gasteiger partial charge is 0.456 e. The Morgan fingerprint density at radius 2 is 1.60 bits per heavy atom. The molecule has 3 aromatic rings. The van der Waals surface area contributed by atoms with E-state index >= 15 is 0 Å². The van der Waals surface area contributed by atoms with E-state index in [0.717, 1.165) is 35.5 Å². The number of hydrogen-bond donors (Lipinski definition) is 2. The zero-order valence-corrected chi connectivity index (χ0v) is 17.1. The predicted molar refractivity (Wildman–Crippen MR) is 118 cm³/mol. The van der Waals surface area contributed by atoms with Crippen LogP contribution in [0.25, 0.3) is 0 Å². The maximum atomic E-state index is 13.2. The number of carbonyl (C=O) groups excluding carboxylic acids is 1. The predicted octanol–water partition coefficient (Wildman–Crippen LogP) is 3.84. The van der Waals surface area contributed by atoms with Gasteiger partial charge in [-0.3, -0.25) is 9.80 Å². The Kier molecular flexibility index (Phi) is 4.01. The Morgan fingerprint density at radius 3 is 2.33 bits per heavy atom. The van der Waals surface area contributed by atoms with Crippen LogP contribution < -0.4 is 21.2 Å². The molecule has 2 aliphatic rings. The summed E-state index contributed by atoms with van der Waals surface area (Å²) in [7, 11) is 0. The molecule has 0 aromatic heterocycles. The third-order valence-corrected chi connectivity index (χ3v) is 6.23. The van der Waals surface area contributed by atoms with E-state index in [0.29, 0.717) is 22.7 Å². The number of anilines is 2. The molecule has 0 bridgehead atoms. The number of nitrogens with zero attached hydrogens (tertiary/aromatic N) is 2. The standard InChI is InChI=1S/C24H24N4O2/c1-3-27(4-2)16-10-12-20-22(14-16)30-21-13-15(25)9-11-19(21)24(20)18-8-6-5-7-17(18)23(29)28(24)26/h5-14H,3-4,25-26H2,1-2H3. The van der Waals surface area contributed by atoms with Crippen LogP contribution in [0, 0.1) is 0 Å². The number of benzene rings is 3. The summed E-state index contributed by atoms with van der Waals surface area (Å²) in [4.78, 5) is 15.4. The van der Waals surface area contributed by atoms with Gasteiger partial charge in [-0.25, -0.2) is 5.84 Å². The second-order valence-corrected chi connectivity index (χ2v) is 7.64. The molecule has 0 radical (unpaired) electrons. The van der Waals surface area contributed by atoms with Crippen LogP contribution in [0.1, 0.15) is 40.9 Å². The summed E-state index contributed by atoms with van der Waals surface area (Å²) in [6, 6.07) is 19.2. The fourth-order valence-electron chi connectivity index (χ4n) is 4.81. The molecule has 6 nitrogen and oxygen atoms in total. The van der Waals surface area contributed by atoms with Gasteiger partial charge in [0.1, 0.15) is 17.0 Å². The minimum absolute atomic E-state index is 0.214. The maximum Gasteiger partial charge on any atom is 0.269 e. The lowest BCUT2D eigenvalue weighted by atomic mass is 9.75. The monoisotopic (exact) mass is 400 g/mol. The highest BCUT2D eigenvalue weighted by atomic mass is 16.5. The Balaban J connectivity index is 1.84. The molecule has 1 amide bonds. The summed E-state index contributed by atoms with van der Waals surface area (Å²) in [5.41, 5.74) is 9.85. The van der Waals surface area contributed by atoms with Crippen LogP contribution in [0.5, 0.6) is 11.5 Å². The summed E-state index contributed by atoms with van der Waals surface area (Å²) >= 11 is 0. The summed E-state index contributed by atoms with van der Waals surface area (Å²) in [5, 5.41) is 1.34. The van der Waals surface area contributed by atoms with Crippen LogP contribution in [0.3, 0.4) is 0 Å². The quantitative estimate of drug-likeness (QED) is 0.396. The highest BCUT2D eigenvalue weighted by Gasteiger charge is 2.55. The molecule has 1 unspecified atom stereocenters. The van der Waals surface area contributed by atoms with Gasteiger partial charge in [-0.2, -0.15) is 0 Å². The van der Waals surface area contributed by atoms with E-state index in [-0.39, 0.29) is 5.91 Å². The van der Waals surface area contributed by atoms with Crippen LogP contribution in [0.2, 0.25) is 0 Å². The summed E-state index contributed by atoms with van der Waals surface area (Å²) in [6.45, 7) is 6.01. The number of nitrogens with two attached hydrogens (primary N) is 2. The number of nitrogen functional groups attached to an aromatic ring is 1. The van der Waals surface area contributed by atoms with Gasteiger partial charge in [0.25, 0.3) is 5.91 Å². The number of rotatable bonds is 3. The zero-order valence-electron chi connectivity index (χ0n) is 17.1. The number of fused-ring (bicyclic) bond motifs is 6. The zero-order chi connectivity index (χ0) is 21.0. The van der Waals surface area contributed by atoms with E-state index in [2.05, 4.69) is 24.8 Å².